The highest BCUT2D eigenvalue weighted by Gasteiger charge is 2.22. The second kappa shape index (κ2) is 2.70. The zero-order chi connectivity index (χ0) is 8.48. The lowest BCUT2D eigenvalue weighted by Gasteiger charge is -2.08. The van der Waals surface area contributed by atoms with Crippen molar-refractivity contribution < 1.29 is 9.18 Å². The molecule has 0 unspecified atom stereocenters. The first kappa shape index (κ1) is 8.33. The van der Waals surface area contributed by atoms with Gasteiger partial charge >= 0.3 is 0 Å². The van der Waals surface area contributed by atoms with Crippen molar-refractivity contribution in [1.82, 2.24) is 4.98 Å². The van der Waals surface area contributed by atoms with Gasteiger partial charge < -0.3 is 0 Å². The average Bonchev–Trinajstić information content (AvgIpc) is 2.32. The van der Waals surface area contributed by atoms with Crippen LogP contribution in [0.5, 0.6) is 0 Å². The molecule has 1 rings (SSSR count). The molecule has 0 saturated carbocycles. The Hall–Kier alpha value is -0.770. The lowest BCUT2D eigenvalue weighted by Crippen LogP contribution is -2.08. The van der Waals surface area contributed by atoms with Gasteiger partial charge in [0.2, 0.25) is 0 Å². The van der Waals surface area contributed by atoms with Crippen LogP contribution < -0.4 is 0 Å². The van der Waals surface area contributed by atoms with Crippen LogP contribution in [0.15, 0.2) is 5.38 Å². The third-order valence-electron chi connectivity index (χ3n) is 1.15. The Bertz CT molecular complexity index is 264. The summed E-state index contributed by atoms with van der Waals surface area (Å²) in [6, 6.07) is 0. The Morgan fingerprint density at radius 2 is 2.36 bits per heavy atom. The molecule has 4 heteroatoms. The van der Waals surface area contributed by atoms with Crippen LogP contribution in [0.25, 0.3) is 0 Å². The number of halogens is 1. The maximum atomic E-state index is 13.1. The van der Waals surface area contributed by atoms with E-state index in [9.17, 15) is 9.18 Å². The number of alkyl halides is 1. The highest BCUT2D eigenvalue weighted by atomic mass is 32.1. The predicted molar refractivity (Wildman–Crippen MR) is 41.6 cm³/mol. The van der Waals surface area contributed by atoms with Crippen molar-refractivity contribution in [3.63, 3.8) is 0 Å². The van der Waals surface area contributed by atoms with Gasteiger partial charge in [-0.25, -0.2) is 9.37 Å². The molecular formula is C7H8FNOS. The molecule has 0 aromatic carbocycles. The molecule has 0 fully saturated rings. The van der Waals surface area contributed by atoms with Crippen LogP contribution in [0, 0.1) is 0 Å². The normalized spacial score (nSPS) is 11.5. The largest absolute Gasteiger partial charge is 0.296 e. The smallest absolute Gasteiger partial charge is 0.169 e. The van der Waals surface area contributed by atoms with Crippen LogP contribution in [0.1, 0.15) is 29.3 Å². The zero-order valence-corrected chi connectivity index (χ0v) is 7.11. The SMILES string of the molecule is CC(C)(F)c1nc(C=O)cs1. The summed E-state index contributed by atoms with van der Waals surface area (Å²) in [4.78, 5) is 13.9. The van der Waals surface area contributed by atoms with Crippen LogP contribution in [-0.2, 0) is 5.67 Å². The van der Waals surface area contributed by atoms with Gasteiger partial charge in [0.05, 0.1) is 0 Å². The predicted octanol–water partition coefficient (Wildman–Crippen LogP) is 2.16. The zero-order valence-electron chi connectivity index (χ0n) is 6.30. The lowest BCUT2D eigenvalue weighted by atomic mass is 10.2. The van der Waals surface area contributed by atoms with E-state index in [1.165, 1.54) is 13.8 Å². The molecule has 0 bridgehead atoms. The first-order valence-electron chi connectivity index (χ1n) is 3.14. The number of rotatable bonds is 2. The van der Waals surface area contributed by atoms with E-state index in [0.29, 0.717) is 17.0 Å². The summed E-state index contributed by atoms with van der Waals surface area (Å²) in [5, 5.41) is 1.89. The van der Waals surface area contributed by atoms with Crippen molar-refractivity contribution in [2.75, 3.05) is 0 Å². The molecule has 0 aliphatic carbocycles. The van der Waals surface area contributed by atoms with Gasteiger partial charge in [0.15, 0.2) is 12.0 Å². The molecule has 0 spiro atoms. The number of carbonyl (C=O) groups is 1. The molecule has 60 valence electrons. The Morgan fingerprint density at radius 1 is 1.73 bits per heavy atom. The summed E-state index contributed by atoms with van der Waals surface area (Å²) in [7, 11) is 0. The van der Waals surface area contributed by atoms with E-state index in [-0.39, 0.29) is 0 Å². The van der Waals surface area contributed by atoms with Crippen molar-refractivity contribution in [2.45, 2.75) is 19.5 Å². The van der Waals surface area contributed by atoms with Crippen LogP contribution in [0.2, 0.25) is 0 Å². The Labute approximate surface area is 68.1 Å². The van der Waals surface area contributed by atoms with Crippen molar-refractivity contribution in [2.24, 2.45) is 0 Å². The minimum absolute atomic E-state index is 0.302. The van der Waals surface area contributed by atoms with E-state index in [2.05, 4.69) is 4.98 Å². The molecule has 0 saturated heterocycles. The number of thiazole rings is 1. The van der Waals surface area contributed by atoms with Crippen LogP contribution >= 0.6 is 11.3 Å². The fraction of sp³-hybridized carbons (Fsp3) is 0.429. The summed E-state index contributed by atoms with van der Waals surface area (Å²) >= 11 is 1.16. The third kappa shape index (κ3) is 1.83. The Kier molecular flexibility index (Phi) is 2.04. The molecule has 1 heterocycles. The van der Waals surface area contributed by atoms with Gasteiger partial charge in [0, 0.05) is 5.38 Å². The monoisotopic (exact) mass is 173 g/mol. The van der Waals surface area contributed by atoms with Gasteiger partial charge in [-0.1, -0.05) is 0 Å². The van der Waals surface area contributed by atoms with E-state index in [4.69, 9.17) is 0 Å². The minimum atomic E-state index is -1.44. The summed E-state index contributed by atoms with van der Waals surface area (Å²) in [5.41, 5.74) is -1.14. The van der Waals surface area contributed by atoms with Crippen molar-refractivity contribution in [1.29, 1.82) is 0 Å². The van der Waals surface area contributed by atoms with Crippen LogP contribution in [0.4, 0.5) is 4.39 Å². The van der Waals surface area contributed by atoms with Gasteiger partial charge in [-0.05, 0) is 13.8 Å². The third-order valence-corrected chi connectivity index (χ3v) is 2.31. The van der Waals surface area contributed by atoms with Crippen molar-refractivity contribution in [3.05, 3.63) is 16.1 Å². The molecule has 2 nitrogen and oxygen atoms in total. The average molecular weight is 173 g/mol. The summed E-state index contributed by atoms with van der Waals surface area (Å²) in [5.74, 6) is 0. The van der Waals surface area contributed by atoms with Crippen molar-refractivity contribution in [3.8, 4) is 0 Å². The quantitative estimate of drug-likeness (QED) is 0.641. The second-order valence-corrected chi connectivity index (χ2v) is 3.53. The van der Waals surface area contributed by atoms with Crippen LogP contribution in [-0.4, -0.2) is 11.3 Å². The van der Waals surface area contributed by atoms with Gasteiger partial charge in [0.1, 0.15) is 10.7 Å². The molecule has 0 aliphatic heterocycles. The van der Waals surface area contributed by atoms with Gasteiger partial charge in [0.25, 0.3) is 0 Å². The van der Waals surface area contributed by atoms with E-state index in [0.717, 1.165) is 11.3 Å². The summed E-state index contributed by atoms with van der Waals surface area (Å²) in [6.07, 6.45) is 0.617. The summed E-state index contributed by atoms with van der Waals surface area (Å²) in [6.45, 7) is 2.83. The first-order valence-corrected chi connectivity index (χ1v) is 4.02. The maximum Gasteiger partial charge on any atom is 0.169 e. The standard InChI is InChI=1S/C7H8FNOS/c1-7(2,8)6-9-5(3-10)4-11-6/h3-4H,1-2H3. The molecule has 1 aromatic rings. The fourth-order valence-electron chi connectivity index (χ4n) is 0.613. The van der Waals surface area contributed by atoms with Crippen LogP contribution in [0.3, 0.4) is 0 Å². The molecule has 11 heavy (non-hydrogen) atoms. The van der Waals surface area contributed by atoms with E-state index in [1.807, 2.05) is 0 Å². The fourth-order valence-corrected chi connectivity index (χ4v) is 1.39. The highest BCUT2D eigenvalue weighted by molar-refractivity contribution is 7.09. The lowest BCUT2D eigenvalue weighted by molar-refractivity contribution is 0.111. The number of hydrogen-bond donors (Lipinski definition) is 0. The molecule has 0 aliphatic rings. The Balaban J connectivity index is 2.98. The number of hydrogen-bond acceptors (Lipinski definition) is 3. The molecule has 0 amide bonds. The molecular weight excluding hydrogens is 165 g/mol. The number of aromatic nitrogens is 1. The molecule has 0 atom stereocenters. The van der Waals surface area contributed by atoms with E-state index in [1.54, 1.807) is 5.38 Å². The van der Waals surface area contributed by atoms with E-state index >= 15 is 0 Å². The second-order valence-electron chi connectivity index (χ2n) is 2.67. The van der Waals surface area contributed by atoms with E-state index < -0.39 is 5.67 Å². The van der Waals surface area contributed by atoms with Crippen molar-refractivity contribution >= 4 is 17.6 Å². The topological polar surface area (TPSA) is 30.0 Å². The Morgan fingerprint density at radius 3 is 2.64 bits per heavy atom. The summed E-state index contributed by atoms with van der Waals surface area (Å²) < 4.78 is 13.1. The van der Waals surface area contributed by atoms with Gasteiger partial charge in [-0.3, -0.25) is 4.79 Å². The number of aldehydes is 1. The highest BCUT2D eigenvalue weighted by Crippen LogP contribution is 2.26. The minimum Gasteiger partial charge on any atom is -0.296 e. The molecule has 0 N–H and O–H groups in total. The maximum absolute atomic E-state index is 13.1. The molecule has 1 aromatic heterocycles. The van der Waals surface area contributed by atoms with Gasteiger partial charge in [-0.2, -0.15) is 0 Å². The van der Waals surface area contributed by atoms with Gasteiger partial charge in [-0.15, -0.1) is 11.3 Å². The number of carbonyl (C=O) groups excluding carboxylic acids is 1. The first-order chi connectivity index (χ1) is 5.04. The number of nitrogens with zero attached hydrogens (tertiary/aromatic N) is 1. The molecule has 0 radical (unpaired) electrons.